The molecule has 0 rings (SSSR count). The summed E-state index contributed by atoms with van der Waals surface area (Å²) in [6.07, 6.45) is 1.000. The summed E-state index contributed by atoms with van der Waals surface area (Å²) >= 11 is 0. The van der Waals surface area contributed by atoms with E-state index in [9.17, 15) is 24.3 Å². The van der Waals surface area contributed by atoms with Gasteiger partial charge < -0.3 is 36.1 Å². The normalized spacial score (nSPS) is 14.2. The van der Waals surface area contributed by atoms with Crippen molar-refractivity contribution in [2.75, 3.05) is 20.2 Å². The molecular formula is C14H25N3O7. The zero-order valence-electron chi connectivity index (χ0n) is 13.6. The molecule has 10 nitrogen and oxygen atoms in total. The Kier molecular flexibility index (Phi) is 10.3. The van der Waals surface area contributed by atoms with Crippen LogP contribution in [0.25, 0.3) is 0 Å². The first kappa shape index (κ1) is 21.8. The number of aliphatic carboxylic acids is 2. The summed E-state index contributed by atoms with van der Waals surface area (Å²) in [6, 6.07) is -2.10. The molecule has 138 valence electrons. The maximum atomic E-state index is 11.9. The van der Waals surface area contributed by atoms with E-state index in [4.69, 9.17) is 10.2 Å². The summed E-state index contributed by atoms with van der Waals surface area (Å²) < 4.78 is 0. The van der Waals surface area contributed by atoms with Crippen molar-refractivity contribution >= 4 is 24.3 Å². The van der Waals surface area contributed by atoms with Gasteiger partial charge in [0.2, 0.25) is 0 Å². The number of aliphatic hydroxyl groups excluding tert-OH is 1. The first-order chi connectivity index (χ1) is 11.3. The van der Waals surface area contributed by atoms with Crippen molar-refractivity contribution in [1.82, 2.24) is 16.0 Å². The third-order valence-corrected chi connectivity index (χ3v) is 3.43. The molecule has 0 saturated heterocycles. The fourth-order valence-corrected chi connectivity index (χ4v) is 1.96. The molecule has 10 heteroatoms. The number of unbranched alkanes of at least 4 members (excludes halogenated alkanes) is 1. The second-order valence-electron chi connectivity index (χ2n) is 5.41. The van der Waals surface area contributed by atoms with Crippen molar-refractivity contribution in [1.29, 1.82) is 0 Å². The van der Waals surface area contributed by atoms with Gasteiger partial charge in [0.05, 0.1) is 6.61 Å². The number of aldehydes is 1. The molecule has 0 aliphatic rings. The molecule has 24 heavy (non-hydrogen) atoms. The number of carboxylic acid groups (broad SMARTS) is 2. The van der Waals surface area contributed by atoms with Gasteiger partial charge >= 0.3 is 18.0 Å². The monoisotopic (exact) mass is 347 g/mol. The van der Waals surface area contributed by atoms with Crippen LogP contribution >= 0.6 is 0 Å². The predicted octanol–water partition coefficient (Wildman–Crippen LogP) is -1.08. The second-order valence-corrected chi connectivity index (χ2v) is 5.41. The molecule has 0 radical (unpaired) electrons. The van der Waals surface area contributed by atoms with Crippen LogP contribution in [0.2, 0.25) is 0 Å². The standard InChI is InChI=1S/C14H25N3O7/c1-15-7-3-2-4-10(12(22)23)16-13(24)17-14(8-18,9-19)6-5-11(20)21/h8,10,15,19H,2-7,9H2,1H3,(H,20,21)(H,22,23)(H2,16,17,24). The first-order valence-electron chi connectivity index (χ1n) is 7.55. The van der Waals surface area contributed by atoms with Crippen molar-refractivity contribution in [3.63, 3.8) is 0 Å². The number of carbonyl (C=O) groups is 4. The van der Waals surface area contributed by atoms with Crippen molar-refractivity contribution in [3.8, 4) is 0 Å². The van der Waals surface area contributed by atoms with Gasteiger partial charge in [0, 0.05) is 6.42 Å². The van der Waals surface area contributed by atoms with E-state index in [1.54, 1.807) is 7.05 Å². The number of aliphatic hydroxyl groups is 1. The third-order valence-electron chi connectivity index (χ3n) is 3.43. The van der Waals surface area contributed by atoms with Crippen LogP contribution < -0.4 is 16.0 Å². The Hall–Kier alpha value is -2.20. The number of hydrogen-bond acceptors (Lipinski definition) is 6. The number of amides is 2. The van der Waals surface area contributed by atoms with Crippen LogP contribution in [0.4, 0.5) is 4.79 Å². The average molecular weight is 347 g/mol. The molecule has 0 fully saturated rings. The van der Waals surface area contributed by atoms with Gasteiger partial charge in [0.1, 0.15) is 17.9 Å². The smallest absolute Gasteiger partial charge is 0.326 e. The van der Waals surface area contributed by atoms with Gasteiger partial charge in [0.15, 0.2) is 0 Å². The first-order valence-corrected chi connectivity index (χ1v) is 7.55. The van der Waals surface area contributed by atoms with Crippen LogP contribution in [-0.4, -0.2) is 71.4 Å². The van der Waals surface area contributed by atoms with Gasteiger partial charge in [-0.2, -0.15) is 0 Å². The minimum absolute atomic E-state index is 0.201. The van der Waals surface area contributed by atoms with Gasteiger partial charge in [-0.15, -0.1) is 0 Å². The second kappa shape index (κ2) is 11.4. The minimum Gasteiger partial charge on any atom is -0.481 e. The molecule has 0 spiro atoms. The molecule has 0 aliphatic heterocycles. The summed E-state index contributed by atoms with van der Waals surface area (Å²) in [4.78, 5) is 44.8. The van der Waals surface area contributed by atoms with Crippen molar-refractivity contribution in [2.24, 2.45) is 0 Å². The van der Waals surface area contributed by atoms with Crippen LogP contribution in [-0.2, 0) is 14.4 Å². The lowest BCUT2D eigenvalue weighted by Gasteiger charge is -2.27. The zero-order chi connectivity index (χ0) is 18.6. The van der Waals surface area contributed by atoms with Crippen molar-refractivity contribution in [3.05, 3.63) is 0 Å². The van der Waals surface area contributed by atoms with E-state index in [2.05, 4.69) is 16.0 Å². The molecule has 2 atom stereocenters. The summed E-state index contributed by atoms with van der Waals surface area (Å²) in [5, 5.41) is 34.4. The fourth-order valence-electron chi connectivity index (χ4n) is 1.96. The Morgan fingerprint density at radius 2 is 1.88 bits per heavy atom. The largest absolute Gasteiger partial charge is 0.481 e. The maximum Gasteiger partial charge on any atom is 0.326 e. The molecule has 0 bridgehead atoms. The highest BCUT2D eigenvalue weighted by atomic mass is 16.4. The van der Waals surface area contributed by atoms with E-state index in [0.29, 0.717) is 13.0 Å². The molecule has 0 heterocycles. The molecule has 0 aromatic heterocycles. The molecule has 0 aliphatic carbocycles. The van der Waals surface area contributed by atoms with Gasteiger partial charge in [-0.25, -0.2) is 9.59 Å². The highest BCUT2D eigenvalue weighted by Crippen LogP contribution is 2.10. The number of rotatable bonds is 13. The van der Waals surface area contributed by atoms with Crippen molar-refractivity contribution < 1.29 is 34.5 Å². The highest BCUT2D eigenvalue weighted by molar-refractivity contribution is 5.85. The van der Waals surface area contributed by atoms with E-state index in [1.807, 2.05) is 0 Å². The number of carbonyl (C=O) groups excluding carboxylic acids is 2. The average Bonchev–Trinajstić information content (AvgIpc) is 2.54. The molecular weight excluding hydrogens is 322 g/mol. The van der Waals surface area contributed by atoms with Crippen molar-refractivity contribution in [2.45, 2.75) is 43.7 Å². The third kappa shape index (κ3) is 8.44. The van der Waals surface area contributed by atoms with Gasteiger partial charge in [-0.3, -0.25) is 4.79 Å². The van der Waals surface area contributed by atoms with Crippen LogP contribution in [0.3, 0.4) is 0 Å². The predicted molar refractivity (Wildman–Crippen MR) is 83.6 cm³/mol. The number of urea groups is 1. The molecule has 2 unspecified atom stereocenters. The molecule has 2 amide bonds. The van der Waals surface area contributed by atoms with Crippen LogP contribution in [0.1, 0.15) is 32.1 Å². The Bertz CT molecular complexity index is 444. The fraction of sp³-hybridized carbons (Fsp3) is 0.714. The van der Waals surface area contributed by atoms with E-state index >= 15 is 0 Å². The summed E-state index contributed by atoms with van der Waals surface area (Å²) in [6.45, 7) is -0.0798. The van der Waals surface area contributed by atoms with Gasteiger partial charge in [0.25, 0.3) is 0 Å². The summed E-state index contributed by atoms with van der Waals surface area (Å²) in [5.41, 5.74) is -1.77. The minimum atomic E-state index is -1.77. The SMILES string of the molecule is CNCCCCC(NC(=O)NC(C=O)(CO)CCC(=O)O)C(=O)O. The molecule has 6 N–H and O–H groups in total. The molecule has 0 saturated carbocycles. The van der Waals surface area contributed by atoms with E-state index in [0.717, 1.165) is 6.42 Å². The molecule has 0 aromatic rings. The Morgan fingerprint density at radius 3 is 2.33 bits per heavy atom. The topological polar surface area (TPSA) is 165 Å². The number of hydrogen-bond donors (Lipinski definition) is 6. The van der Waals surface area contributed by atoms with Crippen LogP contribution in [0.15, 0.2) is 0 Å². The van der Waals surface area contributed by atoms with Crippen LogP contribution in [0, 0.1) is 0 Å². The van der Waals surface area contributed by atoms with Crippen LogP contribution in [0.5, 0.6) is 0 Å². The lowest BCUT2D eigenvalue weighted by atomic mass is 9.96. The molecule has 0 aromatic carbocycles. The van der Waals surface area contributed by atoms with Gasteiger partial charge in [-0.05, 0) is 39.3 Å². The highest BCUT2D eigenvalue weighted by Gasteiger charge is 2.32. The zero-order valence-corrected chi connectivity index (χ0v) is 13.6. The Morgan fingerprint density at radius 1 is 1.21 bits per heavy atom. The Labute approximate surface area is 139 Å². The summed E-state index contributed by atoms with van der Waals surface area (Å²) in [5.74, 6) is -2.41. The Balaban J connectivity index is 4.68. The van der Waals surface area contributed by atoms with E-state index in [-0.39, 0.29) is 19.1 Å². The van der Waals surface area contributed by atoms with Gasteiger partial charge in [-0.1, -0.05) is 0 Å². The van der Waals surface area contributed by atoms with E-state index in [1.165, 1.54) is 0 Å². The lowest BCUT2D eigenvalue weighted by molar-refractivity contribution is -0.139. The number of carboxylic acids is 2. The maximum absolute atomic E-state index is 11.9. The number of nitrogens with one attached hydrogen (secondary N) is 3. The summed E-state index contributed by atoms with van der Waals surface area (Å²) in [7, 11) is 1.77. The van der Waals surface area contributed by atoms with E-state index < -0.39 is 42.6 Å². The lowest BCUT2D eigenvalue weighted by Crippen LogP contribution is -2.58. The quantitative estimate of drug-likeness (QED) is 0.181.